The molecule has 1 aromatic carbocycles. The van der Waals surface area contributed by atoms with Crippen LogP contribution in [0.5, 0.6) is 0 Å². The summed E-state index contributed by atoms with van der Waals surface area (Å²) in [5.41, 5.74) is -3.12. The average Bonchev–Trinajstić information content (AvgIpc) is 3.27. The van der Waals surface area contributed by atoms with Crippen molar-refractivity contribution < 1.29 is 22.7 Å². The summed E-state index contributed by atoms with van der Waals surface area (Å²) in [4.78, 5) is 13.5. The van der Waals surface area contributed by atoms with Crippen LogP contribution in [0.4, 0.5) is 23.7 Å². The van der Waals surface area contributed by atoms with E-state index in [4.69, 9.17) is 16.3 Å². The van der Waals surface area contributed by atoms with Gasteiger partial charge in [-0.1, -0.05) is 17.5 Å². The smallest absolute Gasteiger partial charge is 0.415 e. The SMILES string of the molecule is CC(C)N1C(=O)OC(C#CC2CC2)(C(F)(F)F)c2cc(Cl)ccc21. The average molecular weight is 358 g/mol. The lowest BCUT2D eigenvalue weighted by Crippen LogP contribution is -2.54. The Morgan fingerprint density at radius 1 is 1.38 bits per heavy atom. The minimum Gasteiger partial charge on any atom is -0.415 e. The highest BCUT2D eigenvalue weighted by Crippen LogP contribution is 2.50. The fourth-order valence-corrected chi connectivity index (χ4v) is 2.80. The van der Waals surface area contributed by atoms with E-state index in [1.54, 1.807) is 13.8 Å². The molecule has 1 heterocycles. The van der Waals surface area contributed by atoms with Crippen LogP contribution in [0.1, 0.15) is 32.3 Å². The summed E-state index contributed by atoms with van der Waals surface area (Å²) in [5.74, 6) is 4.72. The number of carbonyl (C=O) groups excluding carboxylic acids is 1. The minimum atomic E-state index is -4.88. The number of ether oxygens (including phenoxy) is 1. The van der Waals surface area contributed by atoms with Gasteiger partial charge in [-0.3, -0.25) is 4.90 Å². The number of hydrogen-bond donors (Lipinski definition) is 0. The van der Waals surface area contributed by atoms with E-state index in [2.05, 4.69) is 11.8 Å². The molecule has 1 aromatic rings. The van der Waals surface area contributed by atoms with Gasteiger partial charge in [0.15, 0.2) is 0 Å². The molecule has 0 radical (unpaired) electrons. The number of alkyl halides is 3. The summed E-state index contributed by atoms with van der Waals surface area (Å²) in [7, 11) is 0. The fraction of sp³-hybridized carbons (Fsp3) is 0.471. The van der Waals surface area contributed by atoms with E-state index in [9.17, 15) is 18.0 Å². The lowest BCUT2D eigenvalue weighted by atomic mass is 9.89. The molecule has 1 amide bonds. The molecular weight excluding hydrogens is 343 g/mol. The van der Waals surface area contributed by atoms with Crippen molar-refractivity contribution in [3.63, 3.8) is 0 Å². The third kappa shape index (κ3) is 2.71. The van der Waals surface area contributed by atoms with Crippen molar-refractivity contribution in [2.75, 3.05) is 4.90 Å². The molecule has 1 aliphatic heterocycles. The van der Waals surface area contributed by atoms with Crippen LogP contribution in [0.25, 0.3) is 0 Å². The van der Waals surface area contributed by atoms with Crippen LogP contribution in [0, 0.1) is 17.8 Å². The zero-order valence-electron chi connectivity index (χ0n) is 13.1. The van der Waals surface area contributed by atoms with Crippen LogP contribution in [-0.4, -0.2) is 18.3 Å². The number of hydrogen-bond acceptors (Lipinski definition) is 2. The predicted octanol–water partition coefficient (Wildman–Crippen LogP) is 4.88. The van der Waals surface area contributed by atoms with Crippen LogP contribution >= 0.6 is 11.6 Å². The highest BCUT2D eigenvalue weighted by molar-refractivity contribution is 6.30. The molecule has 24 heavy (non-hydrogen) atoms. The maximum atomic E-state index is 13.9. The summed E-state index contributed by atoms with van der Waals surface area (Å²) in [6.07, 6.45) is -4.43. The van der Waals surface area contributed by atoms with Crippen molar-refractivity contribution in [1.29, 1.82) is 0 Å². The molecule has 0 bridgehead atoms. The second-order valence-electron chi connectivity index (χ2n) is 6.22. The highest BCUT2D eigenvalue weighted by atomic mass is 35.5. The monoisotopic (exact) mass is 357 g/mol. The van der Waals surface area contributed by atoms with Gasteiger partial charge in [-0.15, -0.1) is 0 Å². The van der Waals surface area contributed by atoms with Crippen molar-refractivity contribution in [3.05, 3.63) is 28.8 Å². The normalized spacial score (nSPS) is 23.5. The number of nitrogens with zero attached hydrogens (tertiary/aromatic N) is 1. The zero-order chi connectivity index (χ0) is 17.7. The Hall–Kier alpha value is -1.87. The molecule has 1 saturated carbocycles. The number of benzene rings is 1. The van der Waals surface area contributed by atoms with Crippen molar-refractivity contribution in [2.24, 2.45) is 5.92 Å². The van der Waals surface area contributed by atoms with Gasteiger partial charge in [0, 0.05) is 22.5 Å². The Kier molecular flexibility index (Phi) is 3.95. The minimum absolute atomic E-state index is 0.0753. The molecule has 0 spiro atoms. The molecule has 1 atom stereocenters. The molecule has 0 saturated heterocycles. The number of rotatable bonds is 1. The lowest BCUT2D eigenvalue weighted by molar-refractivity contribution is -0.240. The van der Waals surface area contributed by atoms with E-state index in [0.717, 1.165) is 12.8 Å². The van der Waals surface area contributed by atoms with Gasteiger partial charge in [0.2, 0.25) is 0 Å². The van der Waals surface area contributed by atoms with E-state index in [0.29, 0.717) is 0 Å². The molecular formula is C17H15ClF3NO2. The summed E-state index contributed by atoms with van der Waals surface area (Å²) in [6, 6.07) is 3.65. The van der Waals surface area contributed by atoms with Crippen LogP contribution in [-0.2, 0) is 10.3 Å². The first-order valence-corrected chi connectivity index (χ1v) is 7.95. The summed E-state index contributed by atoms with van der Waals surface area (Å²) >= 11 is 5.92. The second kappa shape index (κ2) is 5.59. The van der Waals surface area contributed by atoms with Crippen molar-refractivity contribution in [3.8, 4) is 11.8 Å². The van der Waals surface area contributed by atoms with Gasteiger partial charge >= 0.3 is 12.3 Å². The Labute approximate surface area is 142 Å². The Balaban J connectivity index is 2.26. The molecule has 0 aromatic heterocycles. The molecule has 1 aliphatic carbocycles. The first-order chi connectivity index (χ1) is 11.2. The predicted molar refractivity (Wildman–Crippen MR) is 83.8 cm³/mol. The maximum Gasteiger partial charge on any atom is 0.445 e. The quantitative estimate of drug-likeness (QED) is 0.671. The second-order valence-corrected chi connectivity index (χ2v) is 6.65. The molecule has 2 aliphatic rings. The topological polar surface area (TPSA) is 29.5 Å². The Morgan fingerprint density at radius 2 is 2.04 bits per heavy atom. The molecule has 7 heteroatoms. The number of amides is 1. The van der Waals surface area contributed by atoms with Gasteiger partial charge in [-0.05, 0) is 50.8 Å². The summed E-state index contributed by atoms with van der Waals surface area (Å²) in [6.45, 7) is 3.38. The van der Waals surface area contributed by atoms with E-state index in [1.807, 2.05) is 0 Å². The Morgan fingerprint density at radius 3 is 2.58 bits per heavy atom. The van der Waals surface area contributed by atoms with Crippen LogP contribution in [0.15, 0.2) is 18.2 Å². The summed E-state index contributed by atoms with van der Waals surface area (Å²) < 4.78 is 46.7. The standard InChI is InChI=1S/C17H15ClF3NO2/c1-10(2)22-14-6-5-12(18)9-13(14)16(17(19,20)21,24-15(22)23)8-7-11-3-4-11/h5-6,9-11H,3-4H2,1-2H3. The summed E-state index contributed by atoms with van der Waals surface area (Å²) in [5, 5.41) is 0.122. The van der Waals surface area contributed by atoms with Gasteiger partial charge in [0.05, 0.1) is 5.69 Å². The van der Waals surface area contributed by atoms with Gasteiger partial charge in [0.1, 0.15) is 0 Å². The van der Waals surface area contributed by atoms with Crippen LogP contribution in [0.3, 0.4) is 0 Å². The molecule has 3 nitrogen and oxygen atoms in total. The van der Waals surface area contributed by atoms with Crippen LogP contribution < -0.4 is 4.90 Å². The maximum absolute atomic E-state index is 13.9. The number of carbonyl (C=O) groups is 1. The molecule has 3 rings (SSSR count). The van der Waals surface area contributed by atoms with Gasteiger partial charge in [-0.25, -0.2) is 4.79 Å². The van der Waals surface area contributed by atoms with Crippen molar-refractivity contribution >= 4 is 23.4 Å². The number of fused-ring (bicyclic) bond motifs is 1. The molecule has 1 unspecified atom stereocenters. The molecule has 128 valence electrons. The fourth-order valence-electron chi connectivity index (χ4n) is 2.63. The van der Waals surface area contributed by atoms with Crippen molar-refractivity contribution in [1.82, 2.24) is 0 Å². The highest BCUT2D eigenvalue weighted by Gasteiger charge is 2.63. The number of halogens is 4. The van der Waals surface area contributed by atoms with Gasteiger partial charge in [0.25, 0.3) is 5.60 Å². The Bertz CT molecular complexity index is 746. The van der Waals surface area contributed by atoms with Gasteiger partial charge in [-0.2, -0.15) is 13.2 Å². The van der Waals surface area contributed by atoms with Crippen LogP contribution in [0.2, 0.25) is 5.02 Å². The van der Waals surface area contributed by atoms with E-state index in [1.165, 1.54) is 23.1 Å². The lowest BCUT2D eigenvalue weighted by Gasteiger charge is -2.41. The first kappa shape index (κ1) is 17.0. The van der Waals surface area contributed by atoms with Gasteiger partial charge < -0.3 is 4.74 Å². The number of anilines is 1. The largest absolute Gasteiger partial charge is 0.445 e. The first-order valence-electron chi connectivity index (χ1n) is 7.57. The zero-order valence-corrected chi connectivity index (χ0v) is 13.8. The third-order valence-electron chi connectivity index (χ3n) is 3.98. The van der Waals surface area contributed by atoms with Crippen molar-refractivity contribution in [2.45, 2.75) is 44.5 Å². The van der Waals surface area contributed by atoms with E-state index >= 15 is 0 Å². The molecule has 0 N–H and O–H groups in total. The van der Waals surface area contributed by atoms with E-state index in [-0.39, 0.29) is 28.2 Å². The number of cyclic esters (lactones) is 1. The third-order valence-corrected chi connectivity index (χ3v) is 4.21. The molecule has 1 fully saturated rings. The van der Waals surface area contributed by atoms with E-state index < -0.39 is 17.9 Å².